The standard InChI is InChI=1S/C21H21FN2O3S/c1-5-27-20(26)14(4)24-17-11-16(22)13(3)10-18(17)28-21(24)23-19(25)15-8-6-12(2)7-9-15/h6-11,14H,5H2,1-4H3/b23-21-. The molecule has 5 nitrogen and oxygen atoms in total. The zero-order valence-corrected chi connectivity index (χ0v) is 17.0. The fraction of sp³-hybridized carbons (Fsp3) is 0.286. The second-order valence-corrected chi connectivity index (χ2v) is 7.54. The predicted octanol–water partition coefficient (Wildman–Crippen LogP) is 4.32. The summed E-state index contributed by atoms with van der Waals surface area (Å²) in [5, 5.41) is 0. The van der Waals surface area contributed by atoms with E-state index in [1.54, 1.807) is 43.5 Å². The maximum Gasteiger partial charge on any atom is 0.328 e. The Bertz CT molecular complexity index is 1110. The van der Waals surface area contributed by atoms with Gasteiger partial charge in [-0.15, -0.1) is 0 Å². The van der Waals surface area contributed by atoms with Crippen LogP contribution >= 0.6 is 11.3 Å². The van der Waals surface area contributed by atoms with E-state index < -0.39 is 17.9 Å². The first-order valence-corrected chi connectivity index (χ1v) is 9.77. The Morgan fingerprint density at radius 1 is 1.21 bits per heavy atom. The topological polar surface area (TPSA) is 60.7 Å². The number of halogens is 1. The van der Waals surface area contributed by atoms with Gasteiger partial charge in [0.1, 0.15) is 11.9 Å². The molecule has 7 heteroatoms. The summed E-state index contributed by atoms with van der Waals surface area (Å²) in [5.41, 5.74) is 2.47. The van der Waals surface area contributed by atoms with E-state index in [2.05, 4.69) is 4.99 Å². The van der Waals surface area contributed by atoms with Gasteiger partial charge in [-0.3, -0.25) is 4.79 Å². The fourth-order valence-corrected chi connectivity index (χ4v) is 4.01. The van der Waals surface area contributed by atoms with Crippen molar-refractivity contribution in [2.75, 3.05) is 6.61 Å². The Morgan fingerprint density at radius 2 is 1.89 bits per heavy atom. The largest absolute Gasteiger partial charge is 0.464 e. The van der Waals surface area contributed by atoms with E-state index in [0.29, 0.717) is 21.4 Å². The first kappa shape index (κ1) is 19.9. The zero-order valence-electron chi connectivity index (χ0n) is 16.2. The maximum absolute atomic E-state index is 14.2. The van der Waals surface area contributed by atoms with E-state index in [9.17, 15) is 14.0 Å². The highest BCUT2D eigenvalue weighted by Crippen LogP contribution is 2.25. The lowest BCUT2D eigenvalue weighted by molar-refractivity contribution is -0.146. The number of nitrogens with zero attached hydrogens (tertiary/aromatic N) is 2. The summed E-state index contributed by atoms with van der Waals surface area (Å²) in [7, 11) is 0. The van der Waals surface area contributed by atoms with Crippen LogP contribution in [0.4, 0.5) is 4.39 Å². The molecule has 3 rings (SSSR count). The molecule has 3 aromatic rings. The second kappa shape index (κ2) is 8.06. The van der Waals surface area contributed by atoms with Crippen LogP contribution in [0.1, 0.15) is 41.4 Å². The van der Waals surface area contributed by atoms with Crippen LogP contribution in [0.25, 0.3) is 10.2 Å². The molecule has 0 spiro atoms. The van der Waals surface area contributed by atoms with Gasteiger partial charge in [0.25, 0.3) is 5.91 Å². The number of fused-ring (bicyclic) bond motifs is 1. The molecule has 146 valence electrons. The molecule has 1 amide bonds. The van der Waals surface area contributed by atoms with Gasteiger partial charge in [-0.05, 0) is 57.5 Å². The Balaban J connectivity index is 2.20. The monoisotopic (exact) mass is 400 g/mol. The minimum absolute atomic E-state index is 0.230. The SMILES string of the molecule is CCOC(=O)C(C)n1/c(=N/C(=O)c2ccc(C)cc2)sc2cc(C)c(F)cc21. The predicted molar refractivity (Wildman–Crippen MR) is 107 cm³/mol. The third-order valence-electron chi connectivity index (χ3n) is 4.42. The van der Waals surface area contributed by atoms with Gasteiger partial charge < -0.3 is 9.30 Å². The number of hydrogen-bond acceptors (Lipinski definition) is 4. The minimum atomic E-state index is -0.750. The summed E-state index contributed by atoms with van der Waals surface area (Å²) in [6, 6.07) is 9.39. The first-order chi connectivity index (χ1) is 13.3. The van der Waals surface area contributed by atoms with Crippen LogP contribution in [0, 0.1) is 19.7 Å². The highest BCUT2D eigenvalue weighted by Gasteiger charge is 2.22. The average molecular weight is 400 g/mol. The number of aromatic nitrogens is 1. The lowest BCUT2D eigenvalue weighted by atomic mass is 10.1. The number of esters is 1. The van der Waals surface area contributed by atoms with Crippen molar-refractivity contribution < 1.29 is 18.7 Å². The summed E-state index contributed by atoms with van der Waals surface area (Å²) in [4.78, 5) is 29.5. The van der Waals surface area contributed by atoms with Crippen molar-refractivity contribution >= 4 is 33.4 Å². The molecule has 0 aliphatic rings. The van der Waals surface area contributed by atoms with Crippen LogP contribution in [0.15, 0.2) is 41.4 Å². The van der Waals surface area contributed by atoms with Crippen LogP contribution < -0.4 is 4.80 Å². The molecule has 0 N–H and O–H groups in total. The van der Waals surface area contributed by atoms with Crippen molar-refractivity contribution in [3.63, 3.8) is 0 Å². The van der Waals surface area contributed by atoms with Gasteiger partial charge in [0.05, 0.1) is 16.8 Å². The molecule has 0 radical (unpaired) electrons. The van der Waals surface area contributed by atoms with Gasteiger partial charge in [0.2, 0.25) is 0 Å². The van der Waals surface area contributed by atoms with Gasteiger partial charge in [-0.25, -0.2) is 9.18 Å². The summed E-state index contributed by atoms with van der Waals surface area (Å²) in [6.07, 6.45) is 0. The van der Waals surface area contributed by atoms with Gasteiger partial charge in [-0.2, -0.15) is 4.99 Å². The number of hydrogen-bond donors (Lipinski definition) is 0. The van der Waals surface area contributed by atoms with Crippen LogP contribution in [0.2, 0.25) is 0 Å². The molecule has 1 heterocycles. The average Bonchev–Trinajstić information content (AvgIpc) is 2.98. The van der Waals surface area contributed by atoms with Crippen LogP contribution in [-0.4, -0.2) is 23.1 Å². The van der Waals surface area contributed by atoms with Crippen LogP contribution in [0.3, 0.4) is 0 Å². The number of amides is 1. The molecular formula is C21H21FN2O3S. The molecule has 0 aliphatic carbocycles. The number of thiazole rings is 1. The Labute approximate surface area is 166 Å². The summed E-state index contributed by atoms with van der Waals surface area (Å²) >= 11 is 1.24. The fourth-order valence-electron chi connectivity index (χ4n) is 2.83. The van der Waals surface area contributed by atoms with Gasteiger partial charge in [0, 0.05) is 5.56 Å². The second-order valence-electron chi connectivity index (χ2n) is 6.53. The van der Waals surface area contributed by atoms with Crippen LogP contribution in [-0.2, 0) is 9.53 Å². The number of carbonyl (C=O) groups excluding carboxylic acids is 2. The molecule has 0 saturated carbocycles. The van der Waals surface area contributed by atoms with Crippen molar-refractivity contribution in [3.8, 4) is 0 Å². The van der Waals surface area contributed by atoms with Gasteiger partial charge >= 0.3 is 5.97 Å². The van der Waals surface area contributed by atoms with E-state index in [0.717, 1.165) is 10.3 Å². The molecule has 1 atom stereocenters. The Hall–Kier alpha value is -2.80. The minimum Gasteiger partial charge on any atom is -0.464 e. The quantitative estimate of drug-likeness (QED) is 0.613. The number of aryl methyl sites for hydroxylation is 2. The third kappa shape index (κ3) is 3.89. The number of carbonyl (C=O) groups is 2. The molecule has 2 aromatic carbocycles. The molecule has 1 unspecified atom stereocenters. The summed E-state index contributed by atoms with van der Waals surface area (Å²) in [6.45, 7) is 7.20. The number of benzene rings is 2. The Kier molecular flexibility index (Phi) is 5.74. The van der Waals surface area contributed by atoms with E-state index in [1.165, 1.54) is 17.4 Å². The van der Waals surface area contributed by atoms with Crippen molar-refractivity contribution in [2.24, 2.45) is 4.99 Å². The molecule has 0 aliphatic heterocycles. The molecule has 0 bridgehead atoms. The molecule has 1 aromatic heterocycles. The molecular weight excluding hydrogens is 379 g/mol. The normalized spacial score (nSPS) is 13.0. The highest BCUT2D eigenvalue weighted by atomic mass is 32.1. The van der Waals surface area contributed by atoms with Gasteiger partial charge in [-0.1, -0.05) is 29.0 Å². The van der Waals surface area contributed by atoms with Crippen molar-refractivity contribution in [1.82, 2.24) is 4.57 Å². The van der Waals surface area contributed by atoms with E-state index >= 15 is 0 Å². The lowest BCUT2D eigenvalue weighted by Crippen LogP contribution is -2.27. The van der Waals surface area contributed by atoms with Gasteiger partial charge in [0.15, 0.2) is 4.80 Å². The van der Waals surface area contributed by atoms with Crippen molar-refractivity contribution in [3.05, 3.63) is 63.7 Å². The Morgan fingerprint density at radius 3 is 2.54 bits per heavy atom. The third-order valence-corrected chi connectivity index (χ3v) is 5.44. The smallest absolute Gasteiger partial charge is 0.328 e. The summed E-state index contributed by atoms with van der Waals surface area (Å²) < 4.78 is 21.6. The summed E-state index contributed by atoms with van der Waals surface area (Å²) in [5.74, 6) is -1.27. The van der Waals surface area contributed by atoms with E-state index in [-0.39, 0.29) is 12.4 Å². The number of rotatable bonds is 4. The molecule has 0 fully saturated rings. The molecule has 0 saturated heterocycles. The first-order valence-electron chi connectivity index (χ1n) is 8.95. The zero-order chi connectivity index (χ0) is 20.4. The molecule has 28 heavy (non-hydrogen) atoms. The number of ether oxygens (including phenoxy) is 1. The van der Waals surface area contributed by atoms with E-state index in [1.807, 2.05) is 19.1 Å². The van der Waals surface area contributed by atoms with Crippen molar-refractivity contribution in [2.45, 2.75) is 33.7 Å². The maximum atomic E-state index is 14.2. The highest BCUT2D eigenvalue weighted by molar-refractivity contribution is 7.16. The lowest BCUT2D eigenvalue weighted by Gasteiger charge is -2.14. The van der Waals surface area contributed by atoms with Crippen molar-refractivity contribution in [1.29, 1.82) is 0 Å². The van der Waals surface area contributed by atoms with Crippen LogP contribution in [0.5, 0.6) is 0 Å². The van der Waals surface area contributed by atoms with E-state index in [4.69, 9.17) is 4.74 Å².